The van der Waals surface area contributed by atoms with Crippen molar-refractivity contribution in [1.29, 1.82) is 0 Å². The van der Waals surface area contributed by atoms with E-state index in [9.17, 15) is 0 Å². The highest BCUT2D eigenvalue weighted by Crippen LogP contribution is 2.25. The minimum atomic E-state index is 0.593. The summed E-state index contributed by atoms with van der Waals surface area (Å²) in [5, 5.41) is 0. The van der Waals surface area contributed by atoms with Crippen LogP contribution in [0.5, 0.6) is 0 Å². The van der Waals surface area contributed by atoms with Crippen LogP contribution in [-0.2, 0) is 0 Å². The van der Waals surface area contributed by atoms with Crippen molar-refractivity contribution in [2.75, 3.05) is 0 Å². The molecule has 0 aliphatic heterocycles. The SMILES string of the molecule is C[C](C)c1cc(Br)cc(C(C)C)c1. The van der Waals surface area contributed by atoms with Gasteiger partial charge in [-0.25, -0.2) is 0 Å². The summed E-state index contributed by atoms with van der Waals surface area (Å²) in [6.07, 6.45) is 0. The lowest BCUT2D eigenvalue weighted by Crippen LogP contribution is -1.93. The van der Waals surface area contributed by atoms with Crippen LogP contribution in [0.2, 0.25) is 0 Å². The van der Waals surface area contributed by atoms with Gasteiger partial charge in [0.1, 0.15) is 0 Å². The van der Waals surface area contributed by atoms with E-state index in [1.54, 1.807) is 0 Å². The Labute approximate surface area is 89.5 Å². The van der Waals surface area contributed by atoms with Crippen LogP contribution in [0.3, 0.4) is 0 Å². The Bertz CT molecular complexity index is 261. The molecule has 13 heavy (non-hydrogen) atoms. The van der Waals surface area contributed by atoms with E-state index in [1.165, 1.54) is 21.5 Å². The van der Waals surface area contributed by atoms with Gasteiger partial charge in [-0.1, -0.05) is 49.7 Å². The van der Waals surface area contributed by atoms with Crippen molar-refractivity contribution < 1.29 is 0 Å². The maximum atomic E-state index is 3.54. The minimum Gasteiger partial charge on any atom is -0.0587 e. The molecule has 0 aromatic heterocycles. The van der Waals surface area contributed by atoms with Crippen LogP contribution < -0.4 is 0 Å². The first-order valence-electron chi connectivity index (χ1n) is 4.61. The van der Waals surface area contributed by atoms with Crippen LogP contribution >= 0.6 is 15.9 Å². The van der Waals surface area contributed by atoms with Gasteiger partial charge >= 0.3 is 0 Å². The molecule has 0 fully saturated rings. The first-order chi connectivity index (χ1) is 6.00. The van der Waals surface area contributed by atoms with Crippen LogP contribution in [0.1, 0.15) is 44.7 Å². The van der Waals surface area contributed by atoms with E-state index in [-0.39, 0.29) is 0 Å². The molecule has 0 heterocycles. The molecule has 0 saturated heterocycles. The summed E-state index contributed by atoms with van der Waals surface area (Å²) in [6.45, 7) is 8.73. The number of halogens is 1. The number of hydrogen-bond acceptors (Lipinski definition) is 0. The zero-order valence-electron chi connectivity index (χ0n) is 8.69. The molecular formula is C12H16Br. The molecule has 1 heteroatoms. The lowest BCUT2D eigenvalue weighted by atomic mass is 9.96. The van der Waals surface area contributed by atoms with Crippen molar-refractivity contribution in [2.45, 2.75) is 33.6 Å². The monoisotopic (exact) mass is 239 g/mol. The van der Waals surface area contributed by atoms with Gasteiger partial charge in [0.15, 0.2) is 0 Å². The second kappa shape index (κ2) is 4.28. The highest BCUT2D eigenvalue weighted by Gasteiger charge is 2.05. The van der Waals surface area contributed by atoms with Crippen molar-refractivity contribution >= 4 is 15.9 Å². The number of rotatable bonds is 2. The molecule has 0 spiro atoms. The van der Waals surface area contributed by atoms with Gasteiger partial charge in [0.25, 0.3) is 0 Å². The number of benzene rings is 1. The Kier molecular flexibility index (Phi) is 3.55. The summed E-state index contributed by atoms with van der Waals surface area (Å²) < 4.78 is 1.18. The normalized spacial score (nSPS) is 11.3. The Morgan fingerprint density at radius 1 is 1.15 bits per heavy atom. The van der Waals surface area contributed by atoms with Gasteiger partial charge in [-0.3, -0.25) is 0 Å². The minimum absolute atomic E-state index is 0.593. The van der Waals surface area contributed by atoms with E-state index in [0.717, 1.165) is 0 Å². The average Bonchev–Trinajstić information content (AvgIpc) is 2.03. The van der Waals surface area contributed by atoms with Gasteiger partial charge in [0, 0.05) is 4.47 Å². The Hall–Kier alpha value is -0.300. The van der Waals surface area contributed by atoms with E-state index in [1.807, 2.05) is 0 Å². The molecular weight excluding hydrogens is 224 g/mol. The van der Waals surface area contributed by atoms with E-state index < -0.39 is 0 Å². The highest BCUT2D eigenvalue weighted by molar-refractivity contribution is 9.10. The van der Waals surface area contributed by atoms with Crippen molar-refractivity contribution in [3.05, 3.63) is 39.7 Å². The zero-order valence-corrected chi connectivity index (χ0v) is 10.3. The molecule has 0 N–H and O–H groups in total. The van der Waals surface area contributed by atoms with Crippen molar-refractivity contribution in [3.8, 4) is 0 Å². The average molecular weight is 240 g/mol. The fourth-order valence-corrected chi connectivity index (χ4v) is 1.75. The molecule has 0 unspecified atom stereocenters. The van der Waals surface area contributed by atoms with Gasteiger partial charge in [0.2, 0.25) is 0 Å². The van der Waals surface area contributed by atoms with E-state index in [4.69, 9.17) is 0 Å². The second-order valence-corrected chi connectivity index (χ2v) is 4.84. The molecule has 1 rings (SSSR count). The molecule has 0 aliphatic rings. The molecule has 1 aromatic carbocycles. The van der Waals surface area contributed by atoms with E-state index >= 15 is 0 Å². The third kappa shape index (κ3) is 2.84. The molecule has 0 nitrogen and oxygen atoms in total. The molecule has 0 amide bonds. The Balaban J connectivity index is 3.11. The third-order valence-corrected chi connectivity index (χ3v) is 2.62. The van der Waals surface area contributed by atoms with Gasteiger partial charge in [0.05, 0.1) is 0 Å². The summed E-state index contributed by atoms with van der Waals surface area (Å²) in [6, 6.07) is 6.63. The molecule has 0 bridgehead atoms. The molecule has 1 aromatic rings. The van der Waals surface area contributed by atoms with Gasteiger partial charge in [-0.2, -0.15) is 0 Å². The maximum Gasteiger partial charge on any atom is 0.0181 e. The fraction of sp³-hybridized carbons (Fsp3) is 0.417. The van der Waals surface area contributed by atoms with Crippen LogP contribution in [0.4, 0.5) is 0 Å². The predicted molar refractivity (Wildman–Crippen MR) is 61.9 cm³/mol. The Morgan fingerprint density at radius 3 is 2.23 bits per heavy atom. The van der Waals surface area contributed by atoms with Gasteiger partial charge in [-0.05, 0) is 35.1 Å². The smallest absolute Gasteiger partial charge is 0.0181 e. The maximum absolute atomic E-state index is 3.54. The first kappa shape index (κ1) is 10.8. The summed E-state index contributed by atoms with van der Waals surface area (Å²) in [5.74, 6) is 1.96. The highest BCUT2D eigenvalue weighted by atomic mass is 79.9. The fourth-order valence-electron chi connectivity index (χ4n) is 1.23. The molecule has 0 aliphatic carbocycles. The van der Waals surface area contributed by atoms with Crippen molar-refractivity contribution in [3.63, 3.8) is 0 Å². The molecule has 0 atom stereocenters. The summed E-state index contributed by atoms with van der Waals surface area (Å²) in [7, 11) is 0. The van der Waals surface area contributed by atoms with Crippen LogP contribution in [0, 0.1) is 5.92 Å². The predicted octanol–water partition coefficient (Wildman–Crippen LogP) is 4.53. The lowest BCUT2D eigenvalue weighted by molar-refractivity contribution is 0.862. The van der Waals surface area contributed by atoms with Crippen LogP contribution in [0.15, 0.2) is 22.7 Å². The van der Waals surface area contributed by atoms with Crippen molar-refractivity contribution in [1.82, 2.24) is 0 Å². The quantitative estimate of drug-likeness (QED) is 0.712. The molecule has 0 saturated carbocycles. The van der Waals surface area contributed by atoms with Crippen molar-refractivity contribution in [2.24, 2.45) is 0 Å². The number of hydrogen-bond donors (Lipinski definition) is 0. The van der Waals surface area contributed by atoms with Gasteiger partial charge in [-0.15, -0.1) is 0 Å². The standard InChI is InChI=1S/C12H16Br/c1-8(2)10-5-11(9(3)4)7-12(13)6-10/h5-8H,1-4H3. The molecule has 1 radical (unpaired) electrons. The molecule has 71 valence electrons. The Morgan fingerprint density at radius 2 is 1.77 bits per heavy atom. The lowest BCUT2D eigenvalue weighted by Gasteiger charge is -2.11. The largest absolute Gasteiger partial charge is 0.0587 e. The topological polar surface area (TPSA) is 0 Å². The zero-order chi connectivity index (χ0) is 10.0. The van der Waals surface area contributed by atoms with Crippen LogP contribution in [-0.4, -0.2) is 0 Å². The summed E-state index contributed by atoms with van der Waals surface area (Å²) in [4.78, 5) is 0. The van der Waals surface area contributed by atoms with E-state index in [2.05, 4.69) is 61.8 Å². The van der Waals surface area contributed by atoms with Crippen LogP contribution in [0.25, 0.3) is 0 Å². The summed E-state index contributed by atoms with van der Waals surface area (Å²) >= 11 is 3.54. The first-order valence-corrected chi connectivity index (χ1v) is 5.41. The summed E-state index contributed by atoms with van der Waals surface area (Å²) in [5.41, 5.74) is 2.73. The third-order valence-electron chi connectivity index (χ3n) is 2.16. The van der Waals surface area contributed by atoms with Gasteiger partial charge < -0.3 is 0 Å². The second-order valence-electron chi connectivity index (χ2n) is 3.93. The van der Waals surface area contributed by atoms with E-state index in [0.29, 0.717) is 5.92 Å².